The Labute approximate surface area is 157 Å². The molecule has 1 saturated heterocycles. The van der Waals surface area contributed by atoms with Crippen LogP contribution in [0.25, 0.3) is 0 Å². The number of rotatable bonds is 8. The summed E-state index contributed by atoms with van der Waals surface area (Å²) in [5, 5.41) is 12.3. The number of benzene rings is 1. The zero-order valence-corrected chi connectivity index (χ0v) is 15.6. The van der Waals surface area contributed by atoms with Gasteiger partial charge >= 0.3 is 0 Å². The van der Waals surface area contributed by atoms with Crippen molar-refractivity contribution in [2.75, 3.05) is 32.0 Å². The summed E-state index contributed by atoms with van der Waals surface area (Å²) in [7, 11) is 0. The van der Waals surface area contributed by atoms with Crippen LogP contribution >= 0.6 is 11.8 Å². The number of ether oxygens (including phenoxy) is 2. The van der Waals surface area contributed by atoms with Crippen molar-refractivity contribution in [1.82, 2.24) is 10.2 Å². The highest BCUT2D eigenvalue weighted by atomic mass is 32.2. The number of carbonyl (C=O) groups excluding carboxylic acids is 2. The molecule has 26 heavy (non-hydrogen) atoms. The first-order valence-corrected chi connectivity index (χ1v) is 10.1. The molecular weight excluding hydrogens is 356 g/mol. The number of nitrogens with one attached hydrogen (secondary N) is 1. The summed E-state index contributed by atoms with van der Waals surface area (Å²) in [6.45, 7) is 0.953. The van der Waals surface area contributed by atoms with Gasteiger partial charge < -0.3 is 24.8 Å². The van der Waals surface area contributed by atoms with Gasteiger partial charge in [-0.05, 0) is 36.1 Å². The lowest BCUT2D eigenvalue weighted by atomic mass is 10.1. The lowest BCUT2D eigenvalue weighted by molar-refractivity contribution is -0.129. The first kappa shape index (κ1) is 18.8. The van der Waals surface area contributed by atoms with E-state index in [1.807, 2.05) is 24.5 Å². The molecule has 0 spiro atoms. The molecule has 2 aliphatic rings. The van der Waals surface area contributed by atoms with Crippen molar-refractivity contribution in [2.45, 2.75) is 25.4 Å². The summed E-state index contributed by atoms with van der Waals surface area (Å²) in [5.41, 5.74) is 0.942. The molecule has 3 rings (SSSR count). The molecule has 0 unspecified atom stereocenters. The molecule has 142 valence electrons. The third-order valence-electron chi connectivity index (χ3n) is 4.63. The van der Waals surface area contributed by atoms with Crippen molar-refractivity contribution < 1.29 is 24.2 Å². The predicted octanol–water partition coefficient (Wildman–Crippen LogP) is 0.994. The minimum absolute atomic E-state index is 0.0347. The van der Waals surface area contributed by atoms with Gasteiger partial charge in [0.25, 0.3) is 0 Å². The van der Waals surface area contributed by atoms with E-state index in [0.29, 0.717) is 31.0 Å². The maximum absolute atomic E-state index is 12.4. The molecule has 1 fully saturated rings. The molecule has 0 saturated carbocycles. The van der Waals surface area contributed by atoms with E-state index < -0.39 is 0 Å². The van der Waals surface area contributed by atoms with Crippen LogP contribution in [0.15, 0.2) is 18.2 Å². The Hall–Kier alpha value is -1.93. The Morgan fingerprint density at radius 2 is 2.23 bits per heavy atom. The molecule has 0 aliphatic carbocycles. The van der Waals surface area contributed by atoms with Crippen LogP contribution in [-0.2, 0) is 16.1 Å². The van der Waals surface area contributed by atoms with Crippen molar-refractivity contribution in [1.29, 1.82) is 0 Å². The summed E-state index contributed by atoms with van der Waals surface area (Å²) in [4.78, 5) is 26.4. The second-order valence-electron chi connectivity index (χ2n) is 6.53. The molecule has 1 aromatic rings. The van der Waals surface area contributed by atoms with Gasteiger partial charge in [-0.3, -0.25) is 9.59 Å². The Bertz CT molecular complexity index is 669. The zero-order chi connectivity index (χ0) is 18.5. The fraction of sp³-hybridized carbons (Fsp3) is 0.556. The van der Waals surface area contributed by atoms with Crippen molar-refractivity contribution >= 4 is 23.6 Å². The van der Waals surface area contributed by atoms with Crippen molar-refractivity contribution in [3.63, 3.8) is 0 Å². The Kier molecular flexibility index (Phi) is 6.26. The molecule has 2 amide bonds. The first-order chi connectivity index (χ1) is 12.6. The van der Waals surface area contributed by atoms with Gasteiger partial charge in [-0.1, -0.05) is 6.07 Å². The van der Waals surface area contributed by atoms with E-state index in [4.69, 9.17) is 9.47 Å². The van der Waals surface area contributed by atoms with Gasteiger partial charge in [0, 0.05) is 19.5 Å². The summed E-state index contributed by atoms with van der Waals surface area (Å²) in [6, 6.07) is 5.35. The average Bonchev–Trinajstić information content (AvgIpc) is 3.25. The molecule has 1 aromatic carbocycles. The van der Waals surface area contributed by atoms with Gasteiger partial charge in [-0.25, -0.2) is 0 Å². The van der Waals surface area contributed by atoms with Crippen LogP contribution in [0.5, 0.6) is 11.5 Å². The number of amides is 2. The summed E-state index contributed by atoms with van der Waals surface area (Å²) >= 11 is 1.67. The molecule has 0 aromatic heterocycles. The molecule has 2 heterocycles. The van der Waals surface area contributed by atoms with E-state index in [-0.39, 0.29) is 43.6 Å². The predicted molar refractivity (Wildman–Crippen MR) is 98.1 cm³/mol. The number of aliphatic hydroxyl groups excluding tert-OH is 1. The van der Waals surface area contributed by atoms with Gasteiger partial charge in [0.15, 0.2) is 11.5 Å². The number of fused-ring (bicyclic) bond motifs is 1. The molecule has 0 bridgehead atoms. The standard InChI is InChI=1S/C18H24N2O5S/c1-26-5-4-14(10-21)19-18(23)13-7-17(22)20(9-13)8-12-2-3-15-16(6-12)25-11-24-15/h2-3,6,13-14,21H,4-5,7-11H2,1H3,(H,19,23)/t13-,14+/m0/s1. The Morgan fingerprint density at radius 1 is 1.42 bits per heavy atom. The minimum atomic E-state index is -0.375. The number of hydrogen-bond donors (Lipinski definition) is 2. The maximum Gasteiger partial charge on any atom is 0.231 e. The lowest BCUT2D eigenvalue weighted by Crippen LogP contribution is -2.42. The van der Waals surface area contributed by atoms with Gasteiger partial charge in [-0.15, -0.1) is 0 Å². The SMILES string of the molecule is CSCC[C@H](CO)NC(=O)[C@H]1CC(=O)N(Cc2ccc3c(c2)OCO3)C1. The number of aliphatic hydroxyl groups is 1. The molecule has 2 aliphatic heterocycles. The summed E-state index contributed by atoms with van der Waals surface area (Å²) in [6.07, 6.45) is 2.90. The highest BCUT2D eigenvalue weighted by molar-refractivity contribution is 7.98. The van der Waals surface area contributed by atoms with Crippen LogP contribution in [0.3, 0.4) is 0 Å². The van der Waals surface area contributed by atoms with Crippen LogP contribution in [0, 0.1) is 5.92 Å². The topological polar surface area (TPSA) is 88.1 Å². The van der Waals surface area contributed by atoms with Gasteiger partial charge in [-0.2, -0.15) is 11.8 Å². The summed E-state index contributed by atoms with van der Waals surface area (Å²) in [5.74, 6) is 1.69. The van der Waals surface area contributed by atoms with Crippen LogP contribution in [0.1, 0.15) is 18.4 Å². The third-order valence-corrected chi connectivity index (χ3v) is 5.28. The van der Waals surface area contributed by atoms with Crippen LogP contribution < -0.4 is 14.8 Å². The van der Waals surface area contributed by atoms with Crippen molar-refractivity contribution in [2.24, 2.45) is 5.92 Å². The van der Waals surface area contributed by atoms with Crippen LogP contribution in [0.4, 0.5) is 0 Å². The maximum atomic E-state index is 12.4. The lowest BCUT2D eigenvalue weighted by Gasteiger charge is -2.19. The third kappa shape index (κ3) is 4.42. The molecular formula is C18H24N2O5S. The number of hydrogen-bond acceptors (Lipinski definition) is 6. The van der Waals surface area contributed by atoms with E-state index in [9.17, 15) is 14.7 Å². The Morgan fingerprint density at radius 3 is 3.00 bits per heavy atom. The normalized spacial score (nSPS) is 19.7. The number of likely N-dealkylation sites (tertiary alicyclic amines) is 1. The average molecular weight is 380 g/mol. The fourth-order valence-corrected chi connectivity index (χ4v) is 3.67. The van der Waals surface area contributed by atoms with Gasteiger partial charge in [0.1, 0.15) is 0 Å². The monoisotopic (exact) mass is 380 g/mol. The minimum Gasteiger partial charge on any atom is -0.454 e. The molecule has 7 nitrogen and oxygen atoms in total. The van der Waals surface area contributed by atoms with Crippen molar-refractivity contribution in [3.05, 3.63) is 23.8 Å². The second kappa shape index (κ2) is 8.64. The van der Waals surface area contributed by atoms with Crippen LogP contribution in [-0.4, -0.2) is 59.8 Å². The highest BCUT2D eigenvalue weighted by Gasteiger charge is 2.35. The molecule has 2 N–H and O–H groups in total. The van der Waals surface area contributed by atoms with Crippen molar-refractivity contribution in [3.8, 4) is 11.5 Å². The number of thioether (sulfide) groups is 1. The van der Waals surface area contributed by atoms with E-state index in [2.05, 4.69) is 5.32 Å². The fourth-order valence-electron chi connectivity index (χ4n) is 3.15. The van der Waals surface area contributed by atoms with Gasteiger partial charge in [0.05, 0.1) is 18.6 Å². The van der Waals surface area contributed by atoms with Crippen LogP contribution in [0.2, 0.25) is 0 Å². The number of carbonyl (C=O) groups is 2. The Balaban J connectivity index is 1.55. The van der Waals surface area contributed by atoms with E-state index in [1.165, 1.54) is 0 Å². The second-order valence-corrected chi connectivity index (χ2v) is 7.52. The molecule has 8 heteroatoms. The van der Waals surface area contributed by atoms with Gasteiger partial charge in [0.2, 0.25) is 18.6 Å². The van der Waals surface area contributed by atoms with E-state index in [0.717, 1.165) is 11.3 Å². The quantitative estimate of drug-likeness (QED) is 0.699. The molecule has 0 radical (unpaired) electrons. The smallest absolute Gasteiger partial charge is 0.231 e. The molecule has 2 atom stereocenters. The highest BCUT2D eigenvalue weighted by Crippen LogP contribution is 2.33. The number of nitrogens with zero attached hydrogens (tertiary/aromatic N) is 1. The van der Waals surface area contributed by atoms with E-state index in [1.54, 1.807) is 16.7 Å². The van der Waals surface area contributed by atoms with E-state index >= 15 is 0 Å². The first-order valence-electron chi connectivity index (χ1n) is 8.67. The summed E-state index contributed by atoms with van der Waals surface area (Å²) < 4.78 is 10.7. The largest absolute Gasteiger partial charge is 0.454 e. The zero-order valence-electron chi connectivity index (χ0n) is 14.8.